The van der Waals surface area contributed by atoms with Crippen molar-refractivity contribution in [3.8, 4) is 6.19 Å². The summed E-state index contributed by atoms with van der Waals surface area (Å²) < 4.78 is 12.6. The zero-order chi connectivity index (χ0) is 9.84. The minimum absolute atomic E-state index is 0.146. The molecule has 13 heavy (non-hydrogen) atoms. The molecule has 66 valence electrons. The van der Waals surface area contributed by atoms with E-state index in [1.807, 2.05) is 5.32 Å². The van der Waals surface area contributed by atoms with Crippen LogP contribution in [-0.4, -0.2) is 5.91 Å². The van der Waals surface area contributed by atoms with Crippen LogP contribution in [0.3, 0.4) is 0 Å². The molecule has 0 aliphatic heterocycles. The molecule has 0 fully saturated rings. The van der Waals surface area contributed by atoms with E-state index in [1.165, 1.54) is 12.3 Å². The van der Waals surface area contributed by atoms with E-state index < -0.39 is 11.7 Å². The number of carbonyl (C=O) groups excluding carboxylic acids is 1. The Balaban J connectivity index is 2.98. The van der Waals surface area contributed by atoms with Crippen molar-refractivity contribution in [3.63, 3.8) is 0 Å². The van der Waals surface area contributed by atoms with Crippen LogP contribution in [0.4, 0.5) is 4.39 Å². The fourth-order valence-corrected chi connectivity index (χ4v) is 0.941. The molecule has 0 bridgehead atoms. The number of amides is 1. The molecule has 0 aliphatic carbocycles. The maximum atomic E-state index is 12.6. The van der Waals surface area contributed by atoms with Gasteiger partial charge in [0.1, 0.15) is 5.82 Å². The van der Waals surface area contributed by atoms with Gasteiger partial charge in [-0.2, -0.15) is 5.26 Å². The van der Waals surface area contributed by atoms with Crippen molar-refractivity contribution in [2.75, 3.05) is 0 Å². The number of nitrogens with one attached hydrogen (secondary N) is 1. The van der Waals surface area contributed by atoms with Gasteiger partial charge in [-0.3, -0.25) is 10.1 Å². The highest BCUT2D eigenvalue weighted by molar-refractivity contribution is 6.31. The second-order valence-electron chi connectivity index (χ2n) is 2.19. The molecule has 1 aromatic rings. The number of halogens is 2. The van der Waals surface area contributed by atoms with Crippen molar-refractivity contribution in [1.82, 2.24) is 5.32 Å². The van der Waals surface area contributed by atoms with E-state index in [0.717, 1.165) is 12.1 Å². The smallest absolute Gasteiger partial charge is 0.264 e. The van der Waals surface area contributed by atoms with Crippen LogP contribution in [0, 0.1) is 17.3 Å². The number of rotatable bonds is 1. The highest BCUT2D eigenvalue weighted by atomic mass is 35.5. The summed E-state index contributed by atoms with van der Waals surface area (Å²) in [6.45, 7) is 0. The van der Waals surface area contributed by atoms with E-state index >= 15 is 0 Å². The van der Waals surface area contributed by atoms with Gasteiger partial charge in [-0.15, -0.1) is 0 Å². The topological polar surface area (TPSA) is 52.9 Å². The third-order valence-electron chi connectivity index (χ3n) is 1.35. The molecule has 0 radical (unpaired) electrons. The highest BCUT2D eigenvalue weighted by Crippen LogP contribution is 2.15. The van der Waals surface area contributed by atoms with Crippen LogP contribution < -0.4 is 5.32 Å². The van der Waals surface area contributed by atoms with Crippen molar-refractivity contribution >= 4 is 17.5 Å². The fourth-order valence-electron chi connectivity index (χ4n) is 0.760. The standard InChI is InChI=1S/C8H4ClFN2O/c9-6-3-5(1-2-7(6)10)8(13)12-4-11/h1-3H,(H,12,13). The second kappa shape index (κ2) is 3.87. The number of carbonyl (C=O) groups is 1. The third-order valence-corrected chi connectivity index (χ3v) is 1.64. The minimum atomic E-state index is -0.607. The van der Waals surface area contributed by atoms with Gasteiger partial charge in [-0.05, 0) is 18.2 Å². The van der Waals surface area contributed by atoms with E-state index in [4.69, 9.17) is 16.9 Å². The molecule has 0 saturated heterocycles. The molecule has 1 amide bonds. The van der Waals surface area contributed by atoms with Gasteiger partial charge in [0.2, 0.25) is 0 Å². The van der Waals surface area contributed by atoms with Crippen molar-refractivity contribution in [2.45, 2.75) is 0 Å². The highest BCUT2D eigenvalue weighted by Gasteiger charge is 2.07. The second-order valence-corrected chi connectivity index (χ2v) is 2.60. The Bertz CT molecular complexity index is 386. The summed E-state index contributed by atoms with van der Waals surface area (Å²) in [5.41, 5.74) is 0.146. The summed E-state index contributed by atoms with van der Waals surface area (Å²) >= 11 is 5.42. The Kier molecular flexibility index (Phi) is 2.83. The molecule has 0 aromatic heterocycles. The lowest BCUT2D eigenvalue weighted by molar-refractivity contribution is 0.0973. The van der Waals surface area contributed by atoms with E-state index in [0.29, 0.717) is 0 Å². The Labute approximate surface area is 78.7 Å². The lowest BCUT2D eigenvalue weighted by atomic mass is 10.2. The monoisotopic (exact) mass is 198 g/mol. The Morgan fingerprint density at radius 2 is 2.31 bits per heavy atom. The van der Waals surface area contributed by atoms with Gasteiger partial charge >= 0.3 is 0 Å². The van der Waals surface area contributed by atoms with Gasteiger partial charge in [-0.25, -0.2) is 4.39 Å². The van der Waals surface area contributed by atoms with E-state index in [-0.39, 0.29) is 10.6 Å². The summed E-state index contributed by atoms with van der Waals surface area (Å²) in [6, 6.07) is 3.46. The van der Waals surface area contributed by atoms with E-state index in [1.54, 1.807) is 0 Å². The zero-order valence-electron chi connectivity index (χ0n) is 6.34. The first kappa shape index (κ1) is 9.49. The molecule has 5 heteroatoms. The molecular weight excluding hydrogens is 195 g/mol. The normalized spacial score (nSPS) is 9.00. The first-order chi connectivity index (χ1) is 6.15. The van der Waals surface area contributed by atoms with Gasteiger partial charge in [0.05, 0.1) is 5.02 Å². The largest absolute Gasteiger partial charge is 0.268 e. The van der Waals surface area contributed by atoms with Crippen molar-refractivity contribution in [1.29, 1.82) is 5.26 Å². The van der Waals surface area contributed by atoms with Crippen LogP contribution in [0.2, 0.25) is 5.02 Å². The van der Waals surface area contributed by atoms with Crippen LogP contribution >= 0.6 is 11.6 Å². The van der Waals surface area contributed by atoms with Gasteiger partial charge in [0.25, 0.3) is 5.91 Å². The summed E-state index contributed by atoms with van der Waals surface area (Å²) in [5, 5.41) is 9.88. The number of hydrogen-bond donors (Lipinski definition) is 1. The minimum Gasteiger partial charge on any atom is -0.268 e. The lowest BCUT2D eigenvalue weighted by Gasteiger charge is -1.98. The van der Waals surface area contributed by atoms with Crippen molar-refractivity contribution in [3.05, 3.63) is 34.6 Å². The predicted octanol–water partition coefficient (Wildman–Crippen LogP) is 1.69. The quantitative estimate of drug-likeness (QED) is 0.552. The maximum absolute atomic E-state index is 12.6. The van der Waals surface area contributed by atoms with Gasteiger partial charge in [-0.1, -0.05) is 11.6 Å². The molecule has 0 heterocycles. The lowest BCUT2D eigenvalue weighted by Crippen LogP contribution is -2.17. The predicted molar refractivity (Wildman–Crippen MR) is 44.5 cm³/mol. The molecule has 3 nitrogen and oxygen atoms in total. The molecule has 0 atom stereocenters. The SMILES string of the molecule is N#CNC(=O)c1ccc(F)c(Cl)c1. The van der Waals surface area contributed by atoms with Crippen molar-refractivity contribution in [2.24, 2.45) is 0 Å². The van der Waals surface area contributed by atoms with E-state index in [2.05, 4.69) is 0 Å². The number of benzene rings is 1. The summed E-state index contributed by atoms with van der Waals surface area (Å²) in [4.78, 5) is 11.0. The molecule has 0 spiro atoms. The summed E-state index contributed by atoms with van der Waals surface area (Å²) in [5.74, 6) is -1.21. The Morgan fingerprint density at radius 3 is 2.85 bits per heavy atom. The molecule has 0 unspecified atom stereocenters. The summed E-state index contributed by atoms with van der Waals surface area (Å²) in [7, 11) is 0. The Morgan fingerprint density at radius 1 is 1.62 bits per heavy atom. The van der Waals surface area contributed by atoms with Gasteiger partial charge in [0, 0.05) is 5.56 Å². The molecule has 0 saturated carbocycles. The first-order valence-corrected chi connectivity index (χ1v) is 3.67. The average Bonchev–Trinajstić information content (AvgIpc) is 2.10. The Hall–Kier alpha value is -1.60. The molecule has 1 aromatic carbocycles. The fraction of sp³-hybridized carbons (Fsp3) is 0. The third kappa shape index (κ3) is 2.17. The molecule has 1 N–H and O–H groups in total. The van der Waals surface area contributed by atoms with Gasteiger partial charge < -0.3 is 0 Å². The first-order valence-electron chi connectivity index (χ1n) is 3.29. The molecular formula is C8H4ClFN2O. The van der Waals surface area contributed by atoms with Crippen LogP contribution in [0.15, 0.2) is 18.2 Å². The number of nitrogens with zero attached hydrogens (tertiary/aromatic N) is 1. The average molecular weight is 199 g/mol. The molecule has 1 rings (SSSR count). The zero-order valence-corrected chi connectivity index (χ0v) is 7.10. The van der Waals surface area contributed by atoms with Gasteiger partial charge in [0.15, 0.2) is 6.19 Å². The van der Waals surface area contributed by atoms with E-state index in [9.17, 15) is 9.18 Å². The maximum Gasteiger partial charge on any atom is 0.264 e. The number of nitriles is 1. The molecule has 0 aliphatic rings. The van der Waals surface area contributed by atoms with Crippen molar-refractivity contribution < 1.29 is 9.18 Å². The summed E-state index contributed by atoms with van der Waals surface area (Å²) in [6.07, 6.45) is 1.46. The number of hydrogen-bond acceptors (Lipinski definition) is 2. The van der Waals surface area contributed by atoms with Crippen LogP contribution in [-0.2, 0) is 0 Å². The van der Waals surface area contributed by atoms with Crippen LogP contribution in [0.5, 0.6) is 0 Å². The van der Waals surface area contributed by atoms with Crippen LogP contribution in [0.1, 0.15) is 10.4 Å². The van der Waals surface area contributed by atoms with Crippen LogP contribution in [0.25, 0.3) is 0 Å².